The van der Waals surface area contributed by atoms with Crippen molar-refractivity contribution in [3.63, 3.8) is 0 Å². The summed E-state index contributed by atoms with van der Waals surface area (Å²) in [6, 6.07) is 7.20. The van der Waals surface area contributed by atoms with Gasteiger partial charge in [-0.15, -0.1) is 0 Å². The monoisotopic (exact) mass is 241 g/mol. The van der Waals surface area contributed by atoms with E-state index in [4.69, 9.17) is 0 Å². The zero-order valence-corrected chi connectivity index (χ0v) is 9.83. The van der Waals surface area contributed by atoms with Crippen LogP contribution in [0.25, 0.3) is 0 Å². The second-order valence-electron chi connectivity index (χ2n) is 4.47. The van der Waals surface area contributed by atoms with Crippen LogP contribution in [0.4, 0.5) is 8.78 Å². The van der Waals surface area contributed by atoms with Crippen LogP contribution in [-0.4, -0.2) is 13.7 Å². The first-order valence-electron chi connectivity index (χ1n) is 5.91. The maximum atomic E-state index is 12.0. The maximum absolute atomic E-state index is 12.0. The highest BCUT2D eigenvalue weighted by Gasteiger charge is 2.25. The van der Waals surface area contributed by atoms with Gasteiger partial charge < -0.3 is 10.1 Å². The Labute approximate surface area is 100.0 Å². The molecule has 0 radical (unpaired) electrons. The summed E-state index contributed by atoms with van der Waals surface area (Å²) >= 11 is 0. The van der Waals surface area contributed by atoms with Gasteiger partial charge in [0, 0.05) is 6.04 Å². The first kappa shape index (κ1) is 12.3. The molecule has 0 bridgehead atoms. The van der Waals surface area contributed by atoms with Crippen LogP contribution in [0.15, 0.2) is 24.3 Å². The lowest BCUT2D eigenvalue weighted by Gasteiger charge is -2.16. The van der Waals surface area contributed by atoms with Gasteiger partial charge in [-0.05, 0) is 37.1 Å². The lowest BCUT2D eigenvalue weighted by molar-refractivity contribution is -0.0498. The van der Waals surface area contributed by atoms with Gasteiger partial charge in [0.1, 0.15) is 5.75 Å². The summed E-state index contributed by atoms with van der Waals surface area (Å²) in [5.41, 5.74) is 1.13. The smallest absolute Gasteiger partial charge is 0.387 e. The van der Waals surface area contributed by atoms with Crippen molar-refractivity contribution < 1.29 is 13.5 Å². The lowest BCUT2D eigenvalue weighted by atomic mass is 10.0. The number of benzene rings is 1. The van der Waals surface area contributed by atoms with Gasteiger partial charge in [0.25, 0.3) is 0 Å². The zero-order chi connectivity index (χ0) is 12.3. The van der Waals surface area contributed by atoms with Crippen molar-refractivity contribution in [3.05, 3.63) is 29.8 Å². The van der Waals surface area contributed by atoms with Crippen LogP contribution in [0, 0.1) is 5.92 Å². The fraction of sp³-hybridized carbons (Fsp3) is 0.538. The Morgan fingerprint density at radius 2 is 1.94 bits per heavy atom. The number of halogens is 2. The summed E-state index contributed by atoms with van der Waals surface area (Å²) < 4.78 is 28.3. The molecule has 1 fully saturated rings. The van der Waals surface area contributed by atoms with Gasteiger partial charge >= 0.3 is 6.61 Å². The van der Waals surface area contributed by atoms with Gasteiger partial charge in [0.15, 0.2) is 0 Å². The highest BCUT2D eigenvalue weighted by atomic mass is 19.3. The van der Waals surface area contributed by atoms with E-state index in [0.29, 0.717) is 6.04 Å². The fourth-order valence-electron chi connectivity index (χ4n) is 1.99. The maximum Gasteiger partial charge on any atom is 0.387 e. The quantitative estimate of drug-likeness (QED) is 0.824. The molecule has 0 saturated heterocycles. The van der Waals surface area contributed by atoms with Crippen LogP contribution in [0.5, 0.6) is 5.75 Å². The molecule has 0 aliphatic heterocycles. The molecule has 1 unspecified atom stereocenters. The van der Waals surface area contributed by atoms with Gasteiger partial charge in [0.2, 0.25) is 0 Å². The van der Waals surface area contributed by atoms with Crippen molar-refractivity contribution in [3.8, 4) is 5.75 Å². The Morgan fingerprint density at radius 1 is 1.29 bits per heavy atom. The molecule has 17 heavy (non-hydrogen) atoms. The van der Waals surface area contributed by atoms with E-state index >= 15 is 0 Å². The first-order valence-corrected chi connectivity index (χ1v) is 5.91. The summed E-state index contributed by atoms with van der Waals surface area (Å²) in [6.07, 6.45) is 3.74. The summed E-state index contributed by atoms with van der Waals surface area (Å²) in [5.74, 6) is 1.04. The van der Waals surface area contributed by atoms with Crippen LogP contribution >= 0.6 is 0 Å². The largest absolute Gasteiger partial charge is 0.435 e. The van der Waals surface area contributed by atoms with E-state index < -0.39 is 6.61 Å². The summed E-state index contributed by atoms with van der Waals surface area (Å²) in [4.78, 5) is 0. The molecule has 4 heteroatoms. The van der Waals surface area contributed by atoms with Crippen LogP contribution in [0.3, 0.4) is 0 Å². The lowest BCUT2D eigenvalue weighted by Crippen LogP contribution is -2.16. The van der Waals surface area contributed by atoms with Crippen LogP contribution < -0.4 is 10.1 Å². The Morgan fingerprint density at radius 3 is 2.41 bits per heavy atom. The molecule has 1 saturated carbocycles. The number of hydrogen-bond acceptors (Lipinski definition) is 2. The molecule has 2 rings (SSSR count). The molecule has 1 aliphatic rings. The van der Waals surface area contributed by atoms with E-state index in [1.165, 1.54) is 12.8 Å². The van der Waals surface area contributed by atoms with Crippen molar-refractivity contribution in [2.24, 2.45) is 5.92 Å². The standard InChI is InChI=1S/C13H17F2NO/c1-16-12(8-9-2-3-9)10-4-6-11(7-5-10)17-13(14)15/h4-7,9,12-13,16H,2-3,8H2,1H3. The van der Waals surface area contributed by atoms with Crippen molar-refractivity contribution in [2.75, 3.05) is 7.05 Å². The number of ether oxygens (including phenoxy) is 1. The molecule has 1 aliphatic carbocycles. The minimum atomic E-state index is -2.76. The van der Waals surface area contributed by atoms with Crippen LogP contribution in [0.1, 0.15) is 30.9 Å². The van der Waals surface area contributed by atoms with Crippen LogP contribution in [-0.2, 0) is 0 Å². The minimum absolute atomic E-state index is 0.213. The second-order valence-corrected chi connectivity index (χ2v) is 4.47. The highest BCUT2D eigenvalue weighted by Crippen LogP contribution is 2.37. The molecular weight excluding hydrogens is 224 g/mol. The number of nitrogens with one attached hydrogen (secondary N) is 1. The molecule has 0 heterocycles. The van der Waals surface area contributed by atoms with Gasteiger partial charge in [-0.2, -0.15) is 8.78 Å². The number of alkyl halides is 2. The summed E-state index contributed by atoms with van der Waals surface area (Å²) in [7, 11) is 1.93. The van der Waals surface area contributed by atoms with E-state index in [0.717, 1.165) is 17.9 Å². The van der Waals surface area contributed by atoms with Gasteiger partial charge in [0.05, 0.1) is 0 Å². The van der Waals surface area contributed by atoms with E-state index in [1.807, 2.05) is 19.2 Å². The molecule has 0 amide bonds. The molecule has 1 aromatic rings. The van der Waals surface area contributed by atoms with E-state index in [9.17, 15) is 8.78 Å². The Kier molecular flexibility index (Phi) is 3.94. The predicted octanol–water partition coefficient (Wildman–Crippen LogP) is 3.35. The van der Waals surface area contributed by atoms with Gasteiger partial charge in [-0.3, -0.25) is 0 Å². The number of rotatable bonds is 6. The van der Waals surface area contributed by atoms with E-state index in [2.05, 4.69) is 10.1 Å². The molecular formula is C13H17F2NO. The van der Waals surface area contributed by atoms with Crippen molar-refractivity contribution in [1.29, 1.82) is 0 Å². The molecule has 1 N–H and O–H groups in total. The van der Waals surface area contributed by atoms with Gasteiger partial charge in [-0.25, -0.2) is 0 Å². The van der Waals surface area contributed by atoms with Crippen LogP contribution in [0.2, 0.25) is 0 Å². The third kappa shape index (κ3) is 3.66. The topological polar surface area (TPSA) is 21.3 Å². The second kappa shape index (κ2) is 5.45. The van der Waals surface area contributed by atoms with Gasteiger partial charge in [-0.1, -0.05) is 25.0 Å². The minimum Gasteiger partial charge on any atom is -0.435 e. The Hall–Kier alpha value is -1.16. The molecule has 94 valence electrons. The number of hydrogen-bond donors (Lipinski definition) is 1. The van der Waals surface area contributed by atoms with Crippen molar-refractivity contribution in [2.45, 2.75) is 31.9 Å². The Balaban J connectivity index is 1.99. The SMILES string of the molecule is CNC(CC1CC1)c1ccc(OC(F)F)cc1. The molecule has 0 spiro atoms. The van der Waals surface area contributed by atoms with Crippen molar-refractivity contribution >= 4 is 0 Å². The molecule has 0 aromatic heterocycles. The average molecular weight is 241 g/mol. The average Bonchev–Trinajstić information content (AvgIpc) is 3.10. The Bertz CT molecular complexity index is 349. The van der Waals surface area contributed by atoms with E-state index in [1.54, 1.807) is 12.1 Å². The third-order valence-electron chi connectivity index (χ3n) is 3.12. The third-order valence-corrected chi connectivity index (χ3v) is 3.12. The summed E-state index contributed by atoms with van der Waals surface area (Å²) in [6.45, 7) is -2.76. The van der Waals surface area contributed by atoms with E-state index in [-0.39, 0.29) is 5.75 Å². The van der Waals surface area contributed by atoms with Crippen molar-refractivity contribution in [1.82, 2.24) is 5.32 Å². The molecule has 1 atom stereocenters. The normalized spacial score (nSPS) is 17.2. The molecule has 1 aromatic carbocycles. The highest BCUT2D eigenvalue weighted by molar-refractivity contribution is 5.29. The molecule has 2 nitrogen and oxygen atoms in total. The zero-order valence-electron chi connectivity index (χ0n) is 9.83. The summed E-state index contributed by atoms with van der Waals surface area (Å²) in [5, 5.41) is 3.26. The fourth-order valence-corrected chi connectivity index (χ4v) is 1.99. The first-order chi connectivity index (χ1) is 8.19. The predicted molar refractivity (Wildman–Crippen MR) is 62.2 cm³/mol.